The minimum atomic E-state index is 0.177. The van der Waals surface area contributed by atoms with Gasteiger partial charge in [0.15, 0.2) is 0 Å². The number of morpholine rings is 1. The fourth-order valence-corrected chi connectivity index (χ4v) is 2.88. The van der Waals surface area contributed by atoms with Crippen molar-refractivity contribution in [2.45, 2.75) is 18.9 Å². The number of amides is 1. The van der Waals surface area contributed by atoms with Gasteiger partial charge in [0.1, 0.15) is 11.9 Å². The van der Waals surface area contributed by atoms with Gasteiger partial charge in [-0.1, -0.05) is 0 Å². The largest absolute Gasteiger partial charge is 0.489 e. The van der Waals surface area contributed by atoms with Crippen LogP contribution in [0.3, 0.4) is 0 Å². The summed E-state index contributed by atoms with van der Waals surface area (Å²) in [5.74, 6) is 1.03. The Bertz CT molecular complexity index is 469. The molecule has 0 unspecified atom stereocenters. The molecule has 3 rings (SSSR count). The van der Waals surface area contributed by atoms with Crippen molar-refractivity contribution in [3.8, 4) is 5.75 Å². The molecule has 2 aliphatic rings. The average molecular weight is 305 g/mol. The van der Waals surface area contributed by atoms with Crippen molar-refractivity contribution in [2.24, 2.45) is 0 Å². The minimum Gasteiger partial charge on any atom is -0.489 e. The third kappa shape index (κ3) is 4.18. The van der Waals surface area contributed by atoms with Crippen LogP contribution in [0.15, 0.2) is 24.5 Å². The van der Waals surface area contributed by atoms with Gasteiger partial charge in [0.25, 0.3) is 0 Å². The lowest BCUT2D eigenvalue weighted by molar-refractivity contribution is -0.135. The first kappa shape index (κ1) is 15.2. The number of pyridine rings is 1. The van der Waals surface area contributed by atoms with E-state index in [2.05, 4.69) is 9.88 Å². The van der Waals surface area contributed by atoms with Gasteiger partial charge in [-0.15, -0.1) is 0 Å². The molecule has 6 nitrogen and oxygen atoms in total. The Labute approximate surface area is 131 Å². The second-order valence-corrected chi connectivity index (χ2v) is 5.78. The van der Waals surface area contributed by atoms with E-state index in [-0.39, 0.29) is 12.0 Å². The van der Waals surface area contributed by atoms with Crippen LogP contribution in [-0.2, 0) is 9.53 Å². The fraction of sp³-hybridized carbons (Fsp3) is 0.625. The Morgan fingerprint density at radius 3 is 2.73 bits per heavy atom. The predicted octanol–water partition coefficient (Wildman–Crippen LogP) is 0.784. The zero-order valence-electron chi connectivity index (χ0n) is 12.8. The molecule has 1 aromatic rings. The Balaban J connectivity index is 1.42. The van der Waals surface area contributed by atoms with Gasteiger partial charge in [0, 0.05) is 45.2 Å². The van der Waals surface area contributed by atoms with Crippen molar-refractivity contribution in [1.29, 1.82) is 0 Å². The summed E-state index contributed by atoms with van der Waals surface area (Å²) in [6.45, 7) is 5.22. The third-order valence-corrected chi connectivity index (χ3v) is 4.19. The molecule has 0 atom stereocenters. The number of carbonyl (C=O) groups is 1. The lowest BCUT2D eigenvalue weighted by Gasteiger charge is -2.34. The fourth-order valence-electron chi connectivity index (χ4n) is 2.88. The van der Waals surface area contributed by atoms with E-state index < -0.39 is 0 Å². The lowest BCUT2D eigenvalue weighted by atomic mass is 10.1. The predicted molar refractivity (Wildman–Crippen MR) is 81.7 cm³/mol. The topological polar surface area (TPSA) is 54.9 Å². The summed E-state index contributed by atoms with van der Waals surface area (Å²) in [5, 5.41) is 0. The third-order valence-electron chi connectivity index (χ3n) is 4.19. The molecule has 0 aliphatic carbocycles. The van der Waals surface area contributed by atoms with Crippen LogP contribution in [-0.4, -0.2) is 72.7 Å². The smallest absolute Gasteiger partial charge is 0.236 e. The van der Waals surface area contributed by atoms with E-state index in [9.17, 15) is 4.79 Å². The summed E-state index contributed by atoms with van der Waals surface area (Å²) in [7, 11) is 0. The van der Waals surface area contributed by atoms with Gasteiger partial charge < -0.3 is 14.4 Å². The maximum absolute atomic E-state index is 12.3. The number of hydrogen-bond acceptors (Lipinski definition) is 5. The van der Waals surface area contributed by atoms with E-state index in [4.69, 9.17) is 9.47 Å². The van der Waals surface area contributed by atoms with Gasteiger partial charge in [-0.25, -0.2) is 0 Å². The second kappa shape index (κ2) is 7.56. The summed E-state index contributed by atoms with van der Waals surface area (Å²) in [6, 6.07) is 3.79. The van der Waals surface area contributed by atoms with E-state index in [1.807, 2.05) is 17.0 Å². The summed E-state index contributed by atoms with van der Waals surface area (Å²) < 4.78 is 11.2. The van der Waals surface area contributed by atoms with Gasteiger partial charge in [-0.3, -0.25) is 14.7 Å². The van der Waals surface area contributed by atoms with Gasteiger partial charge in [0.2, 0.25) is 5.91 Å². The summed E-state index contributed by atoms with van der Waals surface area (Å²) in [4.78, 5) is 20.5. The molecule has 0 aromatic carbocycles. The molecule has 3 heterocycles. The van der Waals surface area contributed by atoms with Crippen molar-refractivity contribution >= 4 is 5.91 Å². The molecule has 2 saturated heterocycles. The molecule has 0 spiro atoms. The first-order valence-corrected chi connectivity index (χ1v) is 7.96. The van der Waals surface area contributed by atoms with E-state index in [1.54, 1.807) is 12.4 Å². The van der Waals surface area contributed by atoms with Crippen LogP contribution in [0, 0.1) is 0 Å². The highest BCUT2D eigenvalue weighted by Gasteiger charge is 2.25. The minimum absolute atomic E-state index is 0.177. The highest BCUT2D eigenvalue weighted by atomic mass is 16.5. The Hall–Kier alpha value is -1.66. The first-order valence-electron chi connectivity index (χ1n) is 7.96. The molecule has 0 bridgehead atoms. The normalized spacial score (nSPS) is 20.8. The Morgan fingerprint density at radius 1 is 1.27 bits per heavy atom. The number of piperidine rings is 1. The number of ether oxygens (including phenoxy) is 2. The SMILES string of the molecule is O=C(CN1CCOCC1)N1CCC(Oc2cccnc2)CC1. The molecule has 2 aliphatic heterocycles. The van der Waals surface area contributed by atoms with Crippen molar-refractivity contribution in [1.82, 2.24) is 14.8 Å². The zero-order chi connectivity index (χ0) is 15.2. The standard InChI is InChI=1S/C16H23N3O3/c20-16(13-18-8-10-21-11-9-18)19-6-3-14(4-7-19)22-15-2-1-5-17-12-15/h1-2,5,12,14H,3-4,6-11,13H2. The van der Waals surface area contributed by atoms with Gasteiger partial charge in [-0.05, 0) is 12.1 Å². The second-order valence-electron chi connectivity index (χ2n) is 5.78. The average Bonchev–Trinajstić information content (AvgIpc) is 2.57. The molecule has 22 heavy (non-hydrogen) atoms. The maximum atomic E-state index is 12.3. The Kier molecular flexibility index (Phi) is 5.24. The Morgan fingerprint density at radius 2 is 2.05 bits per heavy atom. The van der Waals surface area contributed by atoms with E-state index >= 15 is 0 Å². The summed E-state index contributed by atoms with van der Waals surface area (Å²) in [5.41, 5.74) is 0. The number of hydrogen-bond donors (Lipinski definition) is 0. The van der Waals surface area contributed by atoms with Crippen LogP contribution in [0.25, 0.3) is 0 Å². The van der Waals surface area contributed by atoms with Crippen LogP contribution in [0.1, 0.15) is 12.8 Å². The quantitative estimate of drug-likeness (QED) is 0.823. The molecule has 0 saturated carbocycles. The van der Waals surface area contributed by atoms with Gasteiger partial charge in [-0.2, -0.15) is 0 Å². The first-order chi connectivity index (χ1) is 10.8. The zero-order valence-corrected chi connectivity index (χ0v) is 12.8. The van der Waals surface area contributed by atoms with E-state index in [0.717, 1.165) is 58.0 Å². The van der Waals surface area contributed by atoms with Crippen molar-refractivity contribution in [3.63, 3.8) is 0 Å². The summed E-state index contributed by atoms with van der Waals surface area (Å²) >= 11 is 0. The summed E-state index contributed by atoms with van der Waals surface area (Å²) in [6.07, 6.45) is 5.40. The van der Waals surface area contributed by atoms with Crippen molar-refractivity contribution < 1.29 is 14.3 Å². The number of nitrogens with zero attached hydrogens (tertiary/aromatic N) is 3. The highest BCUT2D eigenvalue weighted by molar-refractivity contribution is 5.78. The monoisotopic (exact) mass is 305 g/mol. The number of rotatable bonds is 4. The van der Waals surface area contributed by atoms with Crippen LogP contribution < -0.4 is 4.74 Å². The van der Waals surface area contributed by atoms with Crippen LogP contribution in [0.2, 0.25) is 0 Å². The molecule has 6 heteroatoms. The number of carbonyl (C=O) groups excluding carboxylic acids is 1. The molecule has 1 amide bonds. The van der Waals surface area contributed by atoms with Gasteiger partial charge >= 0.3 is 0 Å². The van der Waals surface area contributed by atoms with Crippen LogP contribution >= 0.6 is 0 Å². The van der Waals surface area contributed by atoms with Crippen LogP contribution in [0.5, 0.6) is 5.75 Å². The molecular formula is C16H23N3O3. The van der Waals surface area contributed by atoms with E-state index in [0.29, 0.717) is 6.54 Å². The molecule has 0 radical (unpaired) electrons. The highest BCUT2D eigenvalue weighted by Crippen LogP contribution is 2.18. The van der Waals surface area contributed by atoms with E-state index in [1.165, 1.54) is 0 Å². The number of aromatic nitrogens is 1. The number of likely N-dealkylation sites (tertiary alicyclic amines) is 1. The molecule has 0 N–H and O–H groups in total. The van der Waals surface area contributed by atoms with Crippen molar-refractivity contribution in [2.75, 3.05) is 45.9 Å². The maximum Gasteiger partial charge on any atom is 0.236 e. The molecule has 120 valence electrons. The van der Waals surface area contributed by atoms with Gasteiger partial charge in [0.05, 0.1) is 26.0 Å². The van der Waals surface area contributed by atoms with Crippen molar-refractivity contribution in [3.05, 3.63) is 24.5 Å². The molecule has 2 fully saturated rings. The molecule has 1 aromatic heterocycles. The van der Waals surface area contributed by atoms with Crippen LogP contribution in [0.4, 0.5) is 0 Å². The molecular weight excluding hydrogens is 282 g/mol. The lowest BCUT2D eigenvalue weighted by Crippen LogP contribution is -2.48.